The first-order valence-corrected chi connectivity index (χ1v) is 11.0. The lowest BCUT2D eigenvalue weighted by molar-refractivity contribution is -0.128. The van der Waals surface area contributed by atoms with E-state index in [1.54, 1.807) is 24.1 Å². The molecule has 3 aromatic carbocycles. The number of benzene rings is 3. The number of rotatable bonds is 5. The van der Waals surface area contributed by atoms with Gasteiger partial charge in [-0.25, -0.2) is 0 Å². The molecule has 1 heterocycles. The first-order valence-electron chi connectivity index (χ1n) is 10.2. The van der Waals surface area contributed by atoms with Crippen LogP contribution >= 0.6 is 15.9 Å². The highest BCUT2D eigenvalue weighted by Crippen LogP contribution is 2.38. The smallest absolute Gasteiger partial charge is 0.255 e. The van der Waals surface area contributed by atoms with Gasteiger partial charge in [-0.15, -0.1) is 0 Å². The van der Waals surface area contributed by atoms with Crippen molar-refractivity contribution < 1.29 is 14.3 Å². The fraction of sp³-hybridized carbons (Fsp3) is 0.200. The van der Waals surface area contributed by atoms with Gasteiger partial charge >= 0.3 is 0 Å². The third kappa shape index (κ3) is 4.08. The molecule has 0 bridgehead atoms. The van der Waals surface area contributed by atoms with Crippen molar-refractivity contribution in [2.75, 3.05) is 42.4 Å². The molecular weight excluding hydrogens is 470 g/mol. The Morgan fingerprint density at radius 2 is 1.59 bits per heavy atom. The van der Waals surface area contributed by atoms with Crippen LogP contribution in [-0.2, 0) is 9.59 Å². The number of amides is 2. The number of carbonyl (C=O) groups is 2. The maximum atomic E-state index is 13.9. The summed E-state index contributed by atoms with van der Waals surface area (Å²) in [6.07, 6.45) is 0. The summed E-state index contributed by atoms with van der Waals surface area (Å²) >= 11 is 3.44. The van der Waals surface area contributed by atoms with Crippen LogP contribution in [0.15, 0.2) is 77.3 Å². The van der Waals surface area contributed by atoms with Crippen LogP contribution in [0.25, 0.3) is 0 Å². The normalized spacial score (nSPS) is 16.3. The predicted molar refractivity (Wildman–Crippen MR) is 130 cm³/mol. The summed E-state index contributed by atoms with van der Waals surface area (Å²) in [6, 6.07) is 21.6. The molecule has 32 heavy (non-hydrogen) atoms. The highest BCUT2D eigenvalue weighted by molar-refractivity contribution is 9.10. The monoisotopic (exact) mass is 493 g/mol. The Bertz CT molecular complexity index is 1130. The van der Waals surface area contributed by atoms with Gasteiger partial charge in [0, 0.05) is 29.9 Å². The van der Waals surface area contributed by atoms with Crippen molar-refractivity contribution >= 4 is 44.8 Å². The summed E-state index contributed by atoms with van der Waals surface area (Å²) in [7, 11) is 5.48. The van der Waals surface area contributed by atoms with E-state index in [4.69, 9.17) is 4.74 Å². The van der Waals surface area contributed by atoms with Crippen molar-refractivity contribution in [1.82, 2.24) is 0 Å². The molecule has 1 atom stereocenters. The number of carbonyl (C=O) groups excluding carboxylic acids is 2. The van der Waals surface area contributed by atoms with E-state index in [1.807, 2.05) is 79.7 Å². The Kier molecular flexibility index (Phi) is 6.19. The second-order valence-electron chi connectivity index (χ2n) is 7.72. The lowest BCUT2D eigenvalue weighted by Crippen LogP contribution is -2.56. The molecule has 1 fully saturated rings. The predicted octanol–water partition coefficient (Wildman–Crippen LogP) is 4.64. The molecule has 164 valence electrons. The number of hydrogen-bond donors (Lipinski definition) is 0. The number of halogens is 1. The van der Waals surface area contributed by atoms with Crippen LogP contribution in [0.4, 0.5) is 17.1 Å². The molecule has 6 nitrogen and oxygen atoms in total. The van der Waals surface area contributed by atoms with Crippen LogP contribution < -0.4 is 19.4 Å². The van der Waals surface area contributed by atoms with Gasteiger partial charge in [0.05, 0.1) is 12.8 Å². The molecule has 2 amide bonds. The van der Waals surface area contributed by atoms with Crippen LogP contribution in [0, 0.1) is 0 Å². The minimum atomic E-state index is -0.793. The summed E-state index contributed by atoms with van der Waals surface area (Å²) in [5, 5.41) is 0. The van der Waals surface area contributed by atoms with E-state index in [9.17, 15) is 9.59 Å². The van der Waals surface area contributed by atoms with E-state index >= 15 is 0 Å². The maximum Gasteiger partial charge on any atom is 0.255 e. The van der Waals surface area contributed by atoms with Gasteiger partial charge in [0.25, 0.3) is 5.91 Å². The van der Waals surface area contributed by atoms with Crippen molar-refractivity contribution in [2.45, 2.75) is 6.04 Å². The summed E-state index contributed by atoms with van der Waals surface area (Å²) in [5.41, 5.74) is 3.02. The lowest BCUT2D eigenvalue weighted by atomic mass is 9.99. The fourth-order valence-corrected chi connectivity index (χ4v) is 4.15. The zero-order chi connectivity index (χ0) is 22.8. The average Bonchev–Trinajstić information content (AvgIpc) is 2.81. The standard InChI is InChI=1S/C25H24BrN3O3/c1-27(2)19-12-8-17(9-13-19)24-25(31)28(21-6-4-5-7-22(21)32-3)16-23(30)29(24)20-14-10-18(26)11-15-20/h4-15,24H,16H2,1-3H3. The van der Waals surface area contributed by atoms with Crippen LogP contribution in [0.5, 0.6) is 5.75 Å². The molecule has 4 rings (SSSR count). The number of methoxy groups -OCH3 is 1. The minimum absolute atomic E-state index is 0.0679. The third-order valence-electron chi connectivity index (χ3n) is 5.53. The molecule has 1 aliphatic rings. The van der Waals surface area contributed by atoms with Crippen LogP contribution in [0.3, 0.4) is 0 Å². The molecule has 0 radical (unpaired) electrons. The van der Waals surface area contributed by atoms with E-state index in [1.165, 1.54) is 4.90 Å². The van der Waals surface area contributed by atoms with E-state index in [0.29, 0.717) is 17.1 Å². The van der Waals surface area contributed by atoms with E-state index in [-0.39, 0.29) is 18.4 Å². The molecule has 1 aliphatic heterocycles. The Morgan fingerprint density at radius 3 is 2.22 bits per heavy atom. The van der Waals surface area contributed by atoms with Crippen LogP contribution in [0.1, 0.15) is 11.6 Å². The van der Waals surface area contributed by atoms with Gasteiger partial charge in [0.15, 0.2) is 0 Å². The molecule has 0 spiro atoms. The van der Waals surface area contributed by atoms with Gasteiger partial charge in [-0.1, -0.05) is 40.2 Å². The van der Waals surface area contributed by atoms with Gasteiger partial charge in [-0.3, -0.25) is 19.4 Å². The first kappa shape index (κ1) is 21.9. The van der Waals surface area contributed by atoms with E-state index < -0.39 is 6.04 Å². The Morgan fingerprint density at radius 1 is 0.938 bits per heavy atom. The molecule has 0 N–H and O–H groups in total. The highest BCUT2D eigenvalue weighted by Gasteiger charge is 2.42. The van der Waals surface area contributed by atoms with E-state index in [2.05, 4.69) is 15.9 Å². The summed E-state index contributed by atoms with van der Waals surface area (Å²) < 4.78 is 6.36. The molecule has 1 unspecified atom stereocenters. The molecule has 7 heteroatoms. The number of ether oxygens (including phenoxy) is 1. The molecule has 0 saturated carbocycles. The summed E-state index contributed by atoms with van der Waals surface area (Å²) in [5.74, 6) is 0.196. The summed E-state index contributed by atoms with van der Waals surface area (Å²) in [4.78, 5) is 32.4. The summed E-state index contributed by atoms with van der Waals surface area (Å²) in [6.45, 7) is -0.0679. The number of piperazine rings is 1. The zero-order valence-electron chi connectivity index (χ0n) is 18.2. The second-order valence-corrected chi connectivity index (χ2v) is 8.64. The Labute approximate surface area is 196 Å². The largest absolute Gasteiger partial charge is 0.495 e. The van der Waals surface area contributed by atoms with Gasteiger partial charge < -0.3 is 9.64 Å². The molecule has 3 aromatic rings. The number of nitrogens with zero attached hydrogens (tertiary/aromatic N) is 3. The van der Waals surface area contributed by atoms with E-state index in [0.717, 1.165) is 15.7 Å². The van der Waals surface area contributed by atoms with Crippen molar-refractivity contribution in [3.8, 4) is 5.75 Å². The van der Waals surface area contributed by atoms with Gasteiger partial charge in [0.2, 0.25) is 5.91 Å². The fourth-order valence-electron chi connectivity index (χ4n) is 3.89. The first-order chi connectivity index (χ1) is 15.4. The number of anilines is 3. The minimum Gasteiger partial charge on any atom is -0.495 e. The number of hydrogen-bond acceptors (Lipinski definition) is 4. The highest BCUT2D eigenvalue weighted by atomic mass is 79.9. The van der Waals surface area contributed by atoms with Crippen molar-refractivity contribution in [3.63, 3.8) is 0 Å². The third-order valence-corrected chi connectivity index (χ3v) is 6.05. The van der Waals surface area contributed by atoms with Gasteiger partial charge in [-0.05, 0) is 54.1 Å². The van der Waals surface area contributed by atoms with Gasteiger partial charge in [0.1, 0.15) is 18.3 Å². The lowest BCUT2D eigenvalue weighted by Gasteiger charge is -2.40. The maximum absolute atomic E-state index is 13.9. The van der Waals surface area contributed by atoms with Gasteiger partial charge in [-0.2, -0.15) is 0 Å². The Hall–Kier alpha value is -3.32. The van der Waals surface area contributed by atoms with Crippen LogP contribution in [-0.4, -0.2) is 39.6 Å². The molecule has 0 aromatic heterocycles. The van der Waals surface area contributed by atoms with Crippen molar-refractivity contribution in [3.05, 3.63) is 82.8 Å². The zero-order valence-corrected chi connectivity index (χ0v) is 19.7. The molecule has 1 saturated heterocycles. The average molecular weight is 494 g/mol. The van der Waals surface area contributed by atoms with Crippen molar-refractivity contribution in [2.24, 2.45) is 0 Å². The van der Waals surface area contributed by atoms with Crippen molar-refractivity contribution in [1.29, 1.82) is 0 Å². The second kappa shape index (κ2) is 9.04. The quantitative estimate of drug-likeness (QED) is 0.519. The molecule has 0 aliphatic carbocycles. The molecular formula is C25H24BrN3O3. The SMILES string of the molecule is COc1ccccc1N1CC(=O)N(c2ccc(Br)cc2)C(c2ccc(N(C)C)cc2)C1=O. The Balaban J connectivity index is 1.82. The number of para-hydroxylation sites is 2. The van der Waals surface area contributed by atoms with Crippen LogP contribution in [0.2, 0.25) is 0 Å². The topological polar surface area (TPSA) is 53.1 Å².